The Morgan fingerprint density at radius 2 is 2.00 bits per heavy atom. The van der Waals surface area contributed by atoms with E-state index in [9.17, 15) is 8.42 Å². The summed E-state index contributed by atoms with van der Waals surface area (Å²) in [7, 11) is -3.54. The lowest BCUT2D eigenvalue weighted by atomic mass is 10.1. The van der Waals surface area contributed by atoms with Crippen molar-refractivity contribution in [1.29, 1.82) is 0 Å². The molecule has 0 aliphatic carbocycles. The first-order valence-electron chi connectivity index (χ1n) is 12.6. The van der Waals surface area contributed by atoms with E-state index in [-0.39, 0.29) is 18.3 Å². The van der Waals surface area contributed by atoms with Crippen molar-refractivity contribution in [3.05, 3.63) is 72.7 Å². The average Bonchev–Trinajstić information content (AvgIpc) is 3.45. The Kier molecular flexibility index (Phi) is 6.67. The molecule has 210 valence electrons. The molecule has 4 aromatic heterocycles. The van der Waals surface area contributed by atoms with Gasteiger partial charge in [0.2, 0.25) is 16.0 Å². The van der Waals surface area contributed by atoms with Gasteiger partial charge in [0.05, 0.1) is 11.9 Å². The number of nitrogens with one attached hydrogen (secondary N) is 1. The average molecular weight is 577 g/mol. The molecule has 0 bridgehead atoms. The van der Waals surface area contributed by atoms with E-state index in [0.717, 1.165) is 5.41 Å². The minimum Gasteiger partial charge on any atom is -0.457 e. The molecule has 13 nitrogen and oxygen atoms in total. The normalized spacial score (nSPS) is 16.3. The van der Waals surface area contributed by atoms with E-state index >= 15 is 4.39 Å². The van der Waals surface area contributed by atoms with Gasteiger partial charge in [0.15, 0.2) is 17.3 Å². The predicted molar refractivity (Wildman–Crippen MR) is 150 cm³/mol. The van der Waals surface area contributed by atoms with Crippen molar-refractivity contribution in [2.45, 2.75) is 19.9 Å². The Bertz CT molecular complexity index is 1900. The van der Waals surface area contributed by atoms with Crippen LogP contribution in [-0.4, -0.2) is 72.9 Å². The summed E-state index contributed by atoms with van der Waals surface area (Å²) >= 11 is 0. The molecule has 5 heterocycles. The molecule has 1 N–H and O–H groups in total. The number of hydrogen-bond acceptors (Lipinski definition) is 11. The summed E-state index contributed by atoms with van der Waals surface area (Å²) < 4.78 is 49.0. The third kappa shape index (κ3) is 5.00. The smallest absolute Gasteiger partial charge is 0.235 e. The highest BCUT2D eigenvalue weighted by Gasteiger charge is 2.32. The maximum Gasteiger partial charge on any atom is 0.235 e. The number of ether oxygens (including phenoxy) is 1. The van der Waals surface area contributed by atoms with Gasteiger partial charge in [-0.2, -0.15) is 9.40 Å². The lowest BCUT2D eigenvalue weighted by Gasteiger charge is -2.38. The van der Waals surface area contributed by atoms with Crippen LogP contribution in [0, 0.1) is 12.7 Å². The quantitative estimate of drug-likeness (QED) is 0.304. The molecule has 6 rings (SSSR count). The van der Waals surface area contributed by atoms with Gasteiger partial charge in [0.1, 0.15) is 35.2 Å². The summed E-state index contributed by atoms with van der Waals surface area (Å²) in [4.78, 5) is 23.7. The van der Waals surface area contributed by atoms with Crippen LogP contribution in [0.1, 0.15) is 12.5 Å². The Labute approximate surface area is 234 Å². The zero-order valence-corrected chi connectivity index (χ0v) is 23.0. The molecule has 41 heavy (non-hydrogen) atoms. The topological polar surface area (TPSA) is 144 Å². The van der Waals surface area contributed by atoms with Gasteiger partial charge in [-0.05, 0) is 32.0 Å². The Balaban J connectivity index is 1.25. The molecule has 1 aromatic carbocycles. The number of nitrogens with zero attached hydrogens (tertiary/aromatic N) is 9. The van der Waals surface area contributed by atoms with E-state index in [0.29, 0.717) is 58.6 Å². The van der Waals surface area contributed by atoms with Gasteiger partial charge in [-0.25, -0.2) is 42.2 Å². The summed E-state index contributed by atoms with van der Waals surface area (Å²) in [5.41, 5.74) is 1.94. The fraction of sp³-hybridized carbons (Fsp3) is 0.231. The van der Waals surface area contributed by atoms with Gasteiger partial charge in [0.25, 0.3) is 0 Å². The van der Waals surface area contributed by atoms with E-state index in [1.165, 1.54) is 17.0 Å². The van der Waals surface area contributed by atoms with Crippen molar-refractivity contribution < 1.29 is 17.5 Å². The number of benzene rings is 1. The van der Waals surface area contributed by atoms with Crippen LogP contribution in [0.4, 0.5) is 21.8 Å². The van der Waals surface area contributed by atoms with Gasteiger partial charge >= 0.3 is 0 Å². The van der Waals surface area contributed by atoms with Crippen LogP contribution in [-0.2, 0) is 10.0 Å². The number of hydrogen-bond donors (Lipinski definition) is 1. The van der Waals surface area contributed by atoms with Crippen LogP contribution in [0.2, 0.25) is 0 Å². The minimum absolute atomic E-state index is 0.180. The second-order valence-corrected chi connectivity index (χ2v) is 11.3. The molecule has 1 fully saturated rings. The molecular weight excluding hydrogens is 551 g/mol. The molecule has 1 aliphatic rings. The first kappa shape index (κ1) is 26.5. The van der Waals surface area contributed by atoms with Crippen molar-refractivity contribution >= 4 is 44.2 Å². The van der Waals surface area contributed by atoms with E-state index in [4.69, 9.17) is 4.74 Å². The molecule has 15 heteroatoms. The fourth-order valence-corrected chi connectivity index (χ4v) is 5.77. The van der Waals surface area contributed by atoms with Crippen LogP contribution in [0.25, 0.3) is 16.7 Å². The highest BCUT2D eigenvalue weighted by atomic mass is 32.2. The largest absolute Gasteiger partial charge is 0.457 e. The van der Waals surface area contributed by atoms with Crippen LogP contribution >= 0.6 is 0 Å². The monoisotopic (exact) mass is 576 g/mol. The minimum atomic E-state index is -3.54. The van der Waals surface area contributed by atoms with E-state index < -0.39 is 15.8 Å². The maximum atomic E-state index is 15.5. The van der Waals surface area contributed by atoms with Gasteiger partial charge in [0, 0.05) is 48.9 Å². The SMILES string of the molecule is C=CS(=O)(=O)N1CCN(c2ncc3ncnc(Nc4ccc(Oc5ccn6ncnc6c5)c(C)c4F)c3n2)C[C@H]1C. The lowest BCUT2D eigenvalue weighted by Crippen LogP contribution is -2.53. The van der Waals surface area contributed by atoms with Crippen LogP contribution in [0.15, 0.2) is 61.3 Å². The summed E-state index contributed by atoms with van der Waals surface area (Å²) in [5, 5.41) is 8.04. The summed E-state index contributed by atoms with van der Waals surface area (Å²) in [6.45, 7) is 7.88. The maximum absolute atomic E-state index is 15.5. The van der Waals surface area contributed by atoms with Crippen LogP contribution in [0.5, 0.6) is 11.5 Å². The van der Waals surface area contributed by atoms with Crippen molar-refractivity contribution in [3.8, 4) is 11.5 Å². The van der Waals surface area contributed by atoms with Gasteiger partial charge in [-0.3, -0.25) is 0 Å². The predicted octanol–water partition coefficient (Wildman–Crippen LogP) is 3.43. The van der Waals surface area contributed by atoms with E-state index in [1.54, 1.807) is 48.1 Å². The van der Waals surface area contributed by atoms with Crippen molar-refractivity contribution in [1.82, 2.24) is 38.8 Å². The molecule has 1 aliphatic heterocycles. The number of piperazine rings is 1. The van der Waals surface area contributed by atoms with Crippen molar-refractivity contribution in [2.24, 2.45) is 0 Å². The summed E-state index contributed by atoms with van der Waals surface area (Å²) in [5.74, 6) is 1.02. The number of pyridine rings is 1. The third-order valence-corrected chi connectivity index (χ3v) is 8.44. The van der Waals surface area contributed by atoms with Gasteiger partial charge in [-0.1, -0.05) is 6.58 Å². The summed E-state index contributed by atoms with van der Waals surface area (Å²) in [6.07, 6.45) is 6.05. The molecule has 0 amide bonds. The fourth-order valence-electron chi connectivity index (χ4n) is 4.67. The second kappa shape index (κ2) is 10.3. The van der Waals surface area contributed by atoms with Crippen molar-refractivity contribution in [3.63, 3.8) is 0 Å². The summed E-state index contributed by atoms with van der Waals surface area (Å²) in [6, 6.07) is 6.33. The number of sulfonamides is 1. The third-order valence-electron chi connectivity index (χ3n) is 6.82. The zero-order chi connectivity index (χ0) is 28.7. The highest BCUT2D eigenvalue weighted by molar-refractivity contribution is 7.92. The number of rotatable bonds is 7. The number of aromatic nitrogens is 7. The molecule has 1 saturated heterocycles. The molecule has 0 unspecified atom stereocenters. The van der Waals surface area contributed by atoms with Gasteiger partial charge in [-0.15, -0.1) is 0 Å². The Hall–Kier alpha value is -4.76. The van der Waals surface area contributed by atoms with Gasteiger partial charge < -0.3 is 15.0 Å². The number of halogens is 1. The van der Waals surface area contributed by atoms with Crippen LogP contribution in [0.3, 0.4) is 0 Å². The Morgan fingerprint density at radius 3 is 2.80 bits per heavy atom. The Morgan fingerprint density at radius 1 is 1.15 bits per heavy atom. The number of fused-ring (bicyclic) bond motifs is 2. The molecule has 5 aromatic rings. The molecule has 1 atom stereocenters. The van der Waals surface area contributed by atoms with E-state index in [1.807, 2.05) is 11.8 Å². The molecular formula is C26H25FN10O3S. The standard InChI is InChI=1S/C26H25FN10O3S/c1-4-41(38,39)37-10-9-35(13-16(37)2)26-28-12-20-24(34-26)25(31-14-29-20)33-19-5-6-21(17(3)23(19)27)40-18-7-8-36-22(11-18)30-15-32-36/h4-8,11-12,14-16H,1,9-10,13H2,2-3H3,(H,29,31,33)/t16-/m1/s1. The van der Waals surface area contributed by atoms with Crippen LogP contribution < -0.4 is 15.0 Å². The van der Waals surface area contributed by atoms with Crippen molar-refractivity contribution in [2.75, 3.05) is 29.9 Å². The van der Waals surface area contributed by atoms with E-state index in [2.05, 4.69) is 41.9 Å². The molecule has 0 saturated carbocycles. The number of anilines is 3. The first-order valence-corrected chi connectivity index (χ1v) is 14.1. The molecule has 0 spiro atoms. The second-order valence-electron chi connectivity index (χ2n) is 9.45. The lowest BCUT2D eigenvalue weighted by molar-refractivity contribution is 0.308. The molecule has 0 radical (unpaired) electrons. The zero-order valence-electron chi connectivity index (χ0n) is 22.1. The first-order chi connectivity index (χ1) is 19.7. The highest BCUT2D eigenvalue weighted by Crippen LogP contribution is 2.33.